The molecule has 10 nitrogen and oxygen atoms in total. The minimum absolute atomic E-state index is 0.179. The van der Waals surface area contributed by atoms with Crippen molar-refractivity contribution in [3.63, 3.8) is 0 Å². The van der Waals surface area contributed by atoms with E-state index in [4.69, 9.17) is 4.52 Å². The van der Waals surface area contributed by atoms with Crippen LogP contribution in [0.2, 0.25) is 0 Å². The fourth-order valence-electron chi connectivity index (χ4n) is 5.14. The zero-order valence-corrected chi connectivity index (χ0v) is 17.9. The molecule has 1 aliphatic carbocycles. The number of aryl methyl sites for hydroxylation is 1. The maximum Gasteiger partial charge on any atom is 0.280 e. The van der Waals surface area contributed by atoms with Gasteiger partial charge in [0.05, 0.1) is 6.33 Å². The van der Waals surface area contributed by atoms with E-state index >= 15 is 0 Å². The SMILES string of the molecule is Cn1cnc2ncn(Cc3nc(C4[C@H]5CN(c6cc7ccccc7cn6)C[C@@H]45)no3)c(=O)c21. The van der Waals surface area contributed by atoms with E-state index in [-0.39, 0.29) is 12.1 Å². The van der Waals surface area contributed by atoms with E-state index in [9.17, 15) is 4.79 Å². The lowest BCUT2D eigenvalue weighted by Gasteiger charge is -2.20. The van der Waals surface area contributed by atoms with Crippen LogP contribution in [0.5, 0.6) is 0 Å². The van der Waals surface area contributed by atoms with Crippen molar-refractivity contribution in [2.75, 3.05) is 18.0 Å². The van der Waals surface area contributed by atoms with Crippen molar-refractivity contribution in [1.29, 1.82) is 0 Å². The van der Waals surface area contributed by atoms with Crippen LogP contribution < -0.4 is 10.5 Å². The van der Waals surface area contributed by atoms with Crippen molar-refractivity contribution in [2.45, 2.75) is 12.5 Å². The summed E-state index contributed by atoms with van der Waals surface area (Å²) in [5.41, 5.74) is 0.708. The molecular formula is C23H20N8O2. The van der Waals surface area contributed by atoms with Crippen LogP contribution in [0, 0.1) is 11.8 Å². The quantitative estimate of drug-likeness (QED) is 0.417. The molecule has 0 N–H and O–H groups in total. The number of hydrogen-bond donors (Lipinski definition) is 0. The van der Waals surface area contributed by atoms with Gasteiger partial charge in [-0.1, -0.05) is 29.4 Å². The van der Waals surface area contributed by atoms with Crippen molar-refractivity contribution in [2.24, 2.45) is 18.9 Å². The van der Waals surface area contributed by atoms with Crippen LogP contribution in [-0.4, -0.2) is 47.3 Å². The second kappa shape index (κ2) is 6.71. The van der Waals surface area contributed by atoms with Crippen molar-refractivity contribution in [3.8, 4) is 0 Å². The molecule has 4 aromatic heterocycles. The molecule has 164 valence electrons. The Kier molecular flexibility index (Phi) is 3.76. The minimum atomic E-state index is -0.179. The van der Waals surface area contributed by atoms with Gasteiger partial charge in [-0.15, -0.1) is 0 Å². The molecule has 0 spiro atoms. The minimum Gasteiger partial charge on any atom is -0.356 e. The van der Waals surface area contributed by atoms with Crippen LogP contribution in [0.3, 0.4) is 0 Å². The lowest BCUT2D eigenvalue weighted by atomic mass is 10.1. The summed E-state index contributed by atoms with van der Waals surface area (Å²) < 4.78 is 8.62. The molecule has 5 aromatic rings. The molecule has 7 rings (SSSR count). The summed E-state index contributed by atoms with van der Waals surface area (Å²) in [5.74, 6) is 3.46. The van der Waals surface area contributed by atoms with Crippen LogP contribution in [0.1, 0.15) is 17.6 Å². The summed E-state index contributed by atoms with van der Waals surface area (Å²) in [6, 6.07) is 10.4. The maximum atomic E-state index is 12.7. The number of pyridine rings is 1. The van der Waals surface area contributed by atoms with Crippen molar-refractivity contribution in [1.82, 2.24) is 34.2 Å². The third-order valence-corrected chi connectivity index (χ3v) is 6.92. The first kappa shape index (κ1) is 18.5. The van der Waals surface area contributed by atoms with Gasteiger partial charge < -0.3 is 14.0 Å². The summed E-state index contributed by atoms with van der Waals surface area (Å²) >= 11 is 0. The molecule has 3 atom stereocenters. The van der Waals surface area contributed by atoms with E-state index in [0.29, 0.717) is 34.8 Å². The van der Waals surface area contributed by atoms with Gasteiger partial charge in [-0.2, -0.15) is 4.98 Å². The number of nitrogens with zero attached hydrogens (tertiary/aromatic N) is 8. The van der Waals surface area contributed by atoms with Gasteiger partial charge in [-0.05, 0) is 23.3 Å². The number of benzene rings is 1. The molecule has 1 unspecified atom stereocenters. The van der Waals surface area contributed by atoms with Crippen LogP contribution in [0.15, 0.2) is 58.5 Å². The average molecular weight is 440 g/mol. The third kappa shape index (κ3) is 2.86. The molecule has 1 aromatic carbocycles. The first-order chi connectivity index (χ1) is 16.2. The van der Waals surface area contributed by atoms with Gasteiger partial charge in [0.15, 0.2) is 17.0 Å². The standard InChI is InChI=1S/C23H20N8O2/c1-29-11-25-22-20(29)23(32)31(12-26-22)10-18-27-21(28-33-18)19-15-8-30(9-16(15)19)17-6-13-4-2-3-5-14(13)7-24-17/h2-7,11-12,15-16,19H,8-10H2,1H3/t15-,16+,19?. The Morgan fingerprint density at radius 1 is 1.06 bits per heavy atom. The van der Waals surface area contributed by atoms with Gasteiger partial charge in [0.2, 0.25) is 5.89 Å². The number of aromatic nitrogens is 7. The van der Waals surface area contributed by atoms with E-state index in [1.165, 1.54) is 16.3 Å². The monoisotopic (exact) mass is 440 g/mol. The van der Waals surface area contributed by atoms with Crippen molar-refractivity contribution in [3.05, 3.63) is 71.3 Å². The molecule has 0 amide bonds. The number of fused-ring (bicyclic) bond motifs is 3. The smallest absolute Gasteiger partial charge is 0.280 e. The van der Waals surface area contributed by atoms with Gasteiger partial charge in [0, 0.05) is 37.6 Å². The number of imidazole rings is 1. The largest absolute Gasteiger partial charge is 0.356 e. The Morgan fingerprint density at radius 3 is 2.70 bits per heavy atom. The van der Waals surface area contributed by atoms with Gasteiger partial charge in [0.25, 0.3) is 5.56 Å². The summed E-state index contributed by atoms with van der Waals surface area (Å²) in [4.78, 5) is 32.7. The second-order valence-corrected chi connectivity index (χ2v) is 8.90. The Bertz CT molecular complexity index is 1570. The van der Waals surface area contributed by atoms with E-state index < -0.39 is 0 Å². The van der Waals surface area contributed by atoms with Gasteiger partial charge in [-0.25, -0.2) is 15.0 Å². The normalized spacial score (nSPS) is 21.7. The van der Waals surface area contributed by atoms with Crippen LogP contribution in [-0.2, 0) is 13.6 Å². The molecule has 5 heterocycles. The van der Waals surface area contributed by atoms with Gasteiger partial charge in [0.1, 0.15) is 18.7 Å². The maximum absolute atomic E-state index is 12.7. The summed E-state index contributed by atoms with van der Waals surface area (Å²) in [7, 11) is 1.77. The predicted molar refractivity (Wildman–Crippen MR) is 120 cm³/mol. The molecule has 2 aliphatic rings. The number of hydrogen-bond acceptors (Lipinski definition) is 8. The molecule has 0 bridgehead atoms. The molecule has 1 aliphatic heterocycles. The van der Waals surface area contributed by atoms with E-state index in [0.717, 1.165) is 30.1 Å². The Morgan fingerprint density at radius 2 is 1.85 bits per heavy atom. The molecule has 1 saturated heterocycles. The Labute approximate surface area is 187 Å². The third-order valence-electron chi connectivity index (χ3n) is 6.92. The molecular weight excluding hydrogens is 420 g/mol. The fraction of sp³-hybridized carbons (Fsp3) is 0.304. The van der Waals surface area contributed by atoms with E-state index in [1.807, 2.05) is 12.3 Å². The lowest BCUT2D eigenvalue weighted by Crippen LogP contribution is -2.24. The Balaban J connectivity index is 1.06. The highest BCUT2D eigenvalue weighted by Crippen LogP contribution is 2.57. The molecule has 10 heteroatoms. The highest BCUT2D eigenvalue weighted by Gasteiger charge is 2.58. The number of piperidine rings is 1. The van der Waals surface area contributed by atoms with Crippen LogP contribution in [0.4, 0.5) is 5.82 Å². The molecule has 1 saturated carbocycles. The van der Waals surface area contributed by atoms with Crippen LogP contribution >= 0.6 is 0 Å². The van der Waals surface area contributed by atoms with Crippen LogP contribution in [0.25, 0.3) is 21.9 Å². The topological polar surface area (TPSA) is 108 Å². The second-order valence-electron chi connectivity index (χ2n) is 8.90. The highest BCUT2D eigenvalue weighted by atomic mass is 16.5. The Hall–Kier alpha value is -4.08. The van der Waals surface area contributed by atoms with Gasteiger partial charge >= 0.3 is 0 Å². The number of anilines is 1. The lowest BCUT2D eigenvalue weighted by molar-refractivity contribution is 0.363. The molecule has 33 heavy (non-hydrogen) atoms. The molecule has 2 fully saturated rings. The van der Waals surface area contributed by atoms with Gasteiger partial charge in [-0.3, -0.25) is 9.36 Å². The van der Waals surface area contributed by atoms with Crippen molar-refractivity contribution >= 4 is 27.8 Å². The fourth-order valence-corrected chi connectivity index (χ4v) is 5.14. The zero-order valence-electron chi connectivity index (χ0n) is 17.9. The molecule has 0 radical (unpaired) electrons. The predicted octanol–water partition coefficient (Wildman–Crippen LogP) is 1.96. The van der Waals surface area contributed by atoms with E-state index in [1.54, 1.807) is 17.9 Å². The summed E-state index contributed by atoms with van der Waals surface area (Å²) in [5, 5.41) is 6.58. The highest BCUT2D eigenvalue weighted by molar-refractivity contribution is 5.84. The van der Waals surface area contributed by atoms with E-state index in [2.05, 4.69) is 54.3 Å². The number of rotatable bonds is 4. The van der Waals surface area contributed by atoms with Crippen molar-refractivity contribution < 1.29 is 4.52 Å². The summed E-state index contributed by atoms with van der Waals surface area (Å²) in [6.07, 6.45) is 5.00. The average Bonchev–Trinajstić information content (AvgIpc) is 3.24. The summed E-state index contributed by atoms with van der Waals surface area (Å²) in [6.45, 7) is 2.06. The first-order valence-electron chi connectivity index (χ1n) is 10.9. The first-order valence-corrected chi connectivity index (χ1v) is 10.9. The zero-order chi connectivity index (χ0) is 22.1.